The van der Waals surface area contributed by atoms with Gasteiger partial charge >= 0.3 is 0 Å². The third-order valence-electron chi connectivity index (χ3n) is 5.06. The summed E-state index contributed by atoms with van der Waals surface area (Å²) in [7, 11) is 1.60. The van der Waals surface area contributed by atoms with Gasteiger partial charge in [0.1, 0.15) is 29.2 Å². The highest BCUT2D eigenvalue weighted by Crippen LogP contribution is 2.36. The number of benzene rings is 1. The molecule has 154 valence electrons. The lowest BCUT2D eigenvalue weighted by atomic mass is 10.2. The quantitative estimate of drug-likeness (QED) is 0.418. The Morgan fingerprint density at radius 2 is 2.13 bits per heavy atom. The number of morpholine rings is 1. The zero-order chi connectivity index (χ0) is 20.7. The average Bonchev–Trinajstić information content (AvgIpc) is 3.37. The van der Waals surface area contributed by atoms with E-state index in [1.807, 2.05) is 12.1 Å². The van der Waals surface area contributed by atoms with E-state index in [0.29, 0.717) is 59.1 Å². The van der Waals surface area contributed by atoms with E-state index in [4.69, 9.17) is 9.47 Å². The van der Waals surface area contributed by atoms with Gasteiger partial charge in [0.15, 0.2) is 0 Å². The molecular formula is C19H18BrN7O3. The maximum atomic E-state index is 13.0. The number of rotatable bonds is 4. The maximum absolute atomic E-state index is 13.0. The fraction of sp³-hybridized carbons (Fsp3) is 0.263. The minimum atomic E-state index is -0.105. The first kappa shape index (κ1) is 18.8. The first-order chi connectivity index (χ1) is 14.7. The number of aromatic amines is 2. The lowest BCUT2D eigenvalue weighted by Gasteiger charge is -2.26. The molecule has 0 spiro atoms. The molecule has 3 aromatic heterocycles. The molecule has 11 heteroatoms. The van der Waals surface area contributed by atoms with E-state index in [1.165, 1.54) is 6.33 Å². The number of hydrogen-bond acceptors (Lipinski definition) is 7. The molecule has 0 unspecified atom stereocenters. The van der Waals surface area contributed by atoms with E-state index in [-0.39, 0.29) is 5.91 Å². The molecule has 5 rings (SSSR count). The number of carbonyl (C=O) groups excluding carboxylic acids is 1. The number of fused-ring (bicyclic) bond motifs is 2. The molecule has 0 aliphatic carbocycles. The molecule has 0 bridgehead atoms. The van der Waals surface area contributed by atoms with Gasteiger partial charge in [-0.15, -0.1) is 0 Å². The van der Waals surface area contributed by atoms with Crippen LogP contribution in [-0.4, -0.2) is 69.4 Å². The van der Waals surface area contributed by atoms with Crippen LogP contribution in [0.25, 0.3) is 21.9 Å². The second-order valence-corrected chi connectivity index (χ2v) is 7.59. The highest BCUT2D eigenvalue weighted by atomic mass is 79.9. The highest BCUT2D eigenvalue weighted by molar-refractivity contribution is 9.10. The summed E-state index contributed by atoms with van der Waals surface area (Å²) in [6.07, 6.45) is 3.18. The largest absolute Gasteiger partial charge is 0.494 e. The van der Waals surface area contributed by atoms with Crippen LogP contribution >= 0.6 is 15.9 Å². The zero-order valence-corrected chi connectivity index (χ0v) is 17.6. The van der Waals surface area contributed by atoms with Crippen LogP contribution in [0.15, 0.2) is 29.1 Å². The second kappa shape index (κ2) is 7.58. The van der Waals surface area contributed by atoms with Crippen LogP contribution in [0.4, 0.5) is 11.5 Å². The number of ether oxygens (including phenoxy) is 2. The van der Waals surface area contributed by atoms with Crippen molar-refractivity contribution in [2.24, 2.45) is 0 Å². The van der Waals surface area contributed by atoms with Crippen LogP contribution in [0.1, 0.15) is 10.5 Å². The van der Waals surface area contributed by atoms with Gasteiger partial charge in [-0.05, 0) is 22.0 Å². The zero-order valence-electron chi connectivity index (χ0n) is 16.0. The van der Waals surface area contributed by atoms with E-state index in [1.54, 1.807) is 18.2 Å². The third-order valence-corrected chi connectivity index (χ3v) is 5.85. The Labute approximate surface area is 179 Å². The lowest BCUT2D eigenvalue weighted by molar-refractivity contribution is 0.0299. The summed E-state index contributed by atoms with van der Waals surface area (Å²) in [6.45, 7) is 2.18. The minimum absolute atomic E-state index is 0.105. The van der Waals surface area contributed by atoms with Crippen molar-refractivity contribution in [3.8, 4) is 5.75 Å². The van der Waals surface area contributed by atoms with Gasteiger partial charge in [-0.25, -0.2) is 9.97 Å². The molecule has 3 N–H and O–H groups in total. The molecule has 1 aromatic carbocycles. The minimum Gasteiger partial charge on any atom is -0.494 e. The number of aromatic nitrogens is 5. The number of H-pyrrole nitrogens is 2. The molecule has 4 aromatic rings. The maximum Gasteiger partial charge on any atom is 0.271 e. The molecule has 4 heterocycles. The van der Waals surface area contributed by atoms with Gasteiger partial charge in [0, 0.05) is 24.5 Å². The topological polar surface area (TPSA) is 121 Å². The molecule has 1 aliphatic heterocycles. The average molecular weight is 472 g/mol. The van der Waals surface area contributed by atoms with Crippen molar-refractivity contribution in [1.29, 1.82) is 0 Å². The number of amides is 1. The number of carbonyl (C=O) groups is 1. The molecule has 1 amide bonds. The van der Waals surface area contributed by atoms with Gasteiger partial charge in [0.25, 0.3) is 5.91 Å². The second-order valence-electron chi connectivity index (χ2n) is 6.80. The summed E-state index contributed by atoms with van der Waals surface area (Å²) < 4.78 is 11.5. The van der Waals surface area contributed by atoms with Crippen LogP contribution in [0.5, 0.6) is 5.75 Å². The van der Waals surface area contributed by atoms with Crippen LogP contribution < -0.4 is 10.1 Å². The molecule has 1 fully saturated rings. The fourth-order valence-electron chi connectivity index (χ4n) is 3.52. The van der Waals surface area contributed by atoms with Crippen LogP contribution in [-0.2, 0) is 4.74 Å². The van der Waals surface area contributed by atoms with Crippen LogP contribution in [0, 0.1) is 0 Å². The number of methoxy groups -OCH3 is 1. The first-order valence-corrected chi connectivity index (χ1v) is 10.1. The fourth-order valence-corrected chi connectivity index (χ4v) is 4.16. The standard InChI is InChI=1S/C19H18BrN7O3/c1-29-13-7-11-10(8-23-26-11)6-12(13)24-17-14-15(20)16(25-18(14)22-9-21-17)19(28)27-2-4-30-5-3-27/h6-9H,2-5H2,1H3,(H,23,26)(H2,21,22,24,25). The summed E-state index contributed by atoms with van der Waals surface area (Å²) in [5.41, 5.74) is 2.58. The molecular weight excluding hydrogens is 454 g/mol. The predicted molar refractivity (Wildman–Crippen MR) is 114 cm³/mol. The van der Waals surface area contributed by atoms with Gasteiger partial charge < -0.3 is 24.7 Å². The van der Waals surface area contributed by atoms with Crippen molar-refractivity contribution in [3.63, 3.8) is 0 Å². The van der Waals surface area contributed by atoms with E-state index < -0.39 is 0 Å². The van der Waals surface area contributed by atoms with Crippen molar-refractivity contribution in [2.75, 3.05) is 38.7 Å². The molecule has 1 aliphatic rings. The number of nitrogens with zero attached hydrogens (tertiary/aromatic N) is 4. The normalized spacial score (nSPS) is 14.4. The van der Waals surface area contributed by atoms with E-state index in [9.17, 15) is 4.79 Å². The molecule has 1 saturated heterocycles. The SMILES string of the molecule is COc1cc2[nH]ncc2cc1Nc1ncnc2[nH]c(C(=O)N3CCOCC3)c(Br)c12. The highest BCUT2D eigenvalue weighted by Gasteiger charge is 2.25. The molecule has 0 radical (unpaired) electrons. The Hall–Kier alpha value is -3.18. The molecule has 0 atom stereocenters. The third kappa shape index (κ3) is 3.15. The smallest absolute Gasteiger partial charge is 0.271 e. The molecule has 30 heavy (non-hydrogen) atoms. The molecule has 0 saturated carbocycles. The van der Waals surface area contributed by atoms with Crippen molar-refractivity contribution < 1.29 is 14.3 Å². The van der Waals surface area contributed by atoms with Crippen molar-refractivity contribution in [2.45, 2.75) is 0 Å². The van der Waals surface area contributed by atoms with Gasteiger partial charge in [0.05, 0.1) is 47.6 Å². The monoisotopic (exact) mass is 471 g/mol. The summed E-state index contributed by atoms with van der Waals surface area (Å²) >= 11 is 3.58. The Balaban J connectivity index is 1.55. The van der Waals surface area contributed by atoms with Crippen molar-refractivity contribution >= 4 is 55.3 Å². The summed E-state index contributed by atoms with van der Waals surface area (Å²) in [5.74, 6) is 1.08. The Kier molecular flexibility index (Phi) is 4.75. The van der Waals surface area contributed by atoms with Crippen LogP contribution in [0.2, 0.25) is 0 Å². The van der Waals surface area contributed by atoms with Crippen molar-refractivity contribution in [1.82, 2.24) is 30.0 Å². The lowest BCUT2D eigenvalue weighted by Crippen LogP contribution is -2.40. The Morgan fingerprint density at radius 1 is 1.30 bits per heavy atom. The summed E-state index contributed by atoms with van der Waals surface area (Å²) in [6, 6.07) is 3.79. The predicted octanol–water partition coefficient (Wildman–Crippen LogP) is 2.82. The van der Waals surface area contributed by atoms with Gasteiger partial charge in [0.2, 0.25) is 0 Å². The van der Waals surface area contributed by atoms with E-state index >= 15 is 0 Å². The first-order valence-electron chi connectivity index (χ1n) is 9.33. The Bertz CT molecular complexity index is 1250. The van der Waals surface area contributed by atoms with Crippen LogP contribution in [0.3, 0.4) is 0 Å². The van der Waals surface area contributed by atoms with Crippen molar-refractivity contribution in [3.05, 3.63) is 34.8 Å². The number of nitrogens with one attached hydrogen (secondary N) is 3. The summed E-state index contributed by atoms with van der Waals surface area (Å²) in [4.78, 5) is 26.6. The summed E-state index contributed by atoms with van der Waals surface area (Å²) in [5, 5.41) is 11.9. The van der Waals surface area contributed by atoms with Gasteiger partial charge in [-0.3, -0.25) is 9.89 Å². The number of anilines is 2. The van der Waals surface area contributed by atoms with E-state index in [0.717, 1.165) is 16.6 Å². The van der Waals surface area contributed by atoms with Gasteiger partial charge in [-0.1, -0.05) is 0 Å². The van der Waals surface area contributed by atoms with E-state index in [2.05, 4.69) is 46.4 Å². The number of hydrogen-bond donors (Lipinski definition) is 3. The molecule has 10 nitrogen and oxygen atoms in total. The van der Waals surface area contributed by atoms with Gasteiger partial charge in [-0.2, -0.15) is 5.10 Å². The number of halogens is 1. The Morgan fingerprint density at radius 3 is 2.93 bits per heavy atom.